The monoisotopic (exact) mass is 366 g/mol. The van der Waals surface area contributed by atoms with Crippen LogP contribution in [0.1, 0.15) is 42.9 Å². The Hall–Kier alpha value is -2.33. The fourth-order valence-corrected chi connectivity index (χ4v) is 3.67. The molecule has 1 atom stereocenters. The van der Waals surface area contributed by atoms with Gasteiger partial charge in [-0.2, -0.15) is 0 Å². The first-order valence-electron chi connectivity index (χ1n) is 9.86. The highest BCUT2D eigenvalue weighted by Crippen LogP contribution is 2.20. The maximum Gasteiger partial charge on any atom is 0.224 e. The molecular formula is C23H30N2O2. The van der Waals surface area contributed by atoms with Crippen molar-refractivity contribution in [1.82, 2.24) is 10.2 Å². The van der Waals surface area contributed by atoms with Crippen LogP contribution in [-0.4, -0.2) is 30.5 Å². The average Bonchev–Trinajstić information content (AvgIpc) is 2.69. The number of carbonyl (C=O) groups excluding carboxylic acids is 1. The van der Waals surface area contributed by atoms with E-state index in [0.29, 0.717) is 19.0 Å². The number of benzene rings is 2. The Morgan fingerprint density at radius 2 is 1.85 bits per heavy atom. The minimum atomic E-state index is 0.00529. The van der Waals surface area contributed by atoms with Gasteiger partial charge in [0.05, 0.1) is 13.5 Å². The van der Waals surface area contributed by atoms with Gasteiger partial charge in [0.25, 0.3) is 0 Å². The van der Waals surface area contributed by atoms with Crippen LogP contribution in [0.3, 0.4) is 0 Å². The van der Waals surface area contributed by atoms with Crippen LogP contribution in [0.2, 0.25) is 0 Å². The van der Waals surface area contributed by atoms with Gasteiger partial charge in [0.15, 0.2) is 0 Å². The number of nitrogens with zero attached hydrogens (tertiary/aromatic N) is 1. The Morgan fingerprint density at radius 3 is 2.59 bits per heavy atom. The predicted molar refractivity (Wildman–Crippen MR) is 109 cm³/mol. The molecule has 1 heterocycles. The number of nitrogens with one attached hydrogen (secondary N) is 1. The molecule has 27 heavy (non-hydrogen) atoms. The van der Waals surface area contributed by atoms with Crippen molar-refractivity contribution >= 4 is 5.91 Å². The van der Waals surface area contributed by atoms with E-state index in [9.17, 15) is 4.79 Å². The molecule has 0 unspecified atom stereocenters. The molecule has 1 amide bonds. The summed E-state index contributed by atoms with van der Waals surface area (Å²) in [4.78, 5) is 14.8. The summed E-state index contributed by atoms with van der Waals surface area (Å²) in [6.07, 6.45) is 4.29. The van der Waals surface area contributed by atoms with Crippen molar-refractivity contribution < 1.29 is 9.53 Å². The number of hydrogen-bond donors (Lipinski definition) is 1. The van der Waals surface area contributed by atoms with E-state index in [1.807, 2.05) is 24.3 Å². The number of rotatable bonds is 7. The van der Waals surface area contributed by atoms with E-state index in [0.717, 1.165) is 23.4 Å². The van der Waals surface area contributed by atoms with Crippen LogP contribution in [-0.2, 0) is 24.3 Å². The molecule has 1 aliphatic heterocycles. The molecule has 1 aliphatic rings. The van der Waals surface area contributed by atoms with Gasteiger partial charge < -0.3 is 10.1 Å². The van der Waals surface area contributed by atoms with Gasteiger partial charge in [-0.05, 0) is 43.5 Å². The number of para-hydroxylation sites is 1. The van der Waals surface area contributed by atoms with Crippen molar-refractivity contribution in [3.63, 3.8) is 0 Å². The van der Waals surface area contributed by atoms with Crippen molar-refractivity contribution in [2.45, 2.75) is 51.7 Å². The number of piperidine rings is 1. The number of methoxy groups -OCH3 is 1. The van der Waals surface area contributed by atoms with Crippen molar-refractivity contribution in [2.24, 2.45) is 0 Å². The summed E-state index contributed by atoms with van der Waals surface area (Å²) in [5, 5.41) is 3.00. The molecular weight excluding hydrogens is 336 g/mol. The zero-order chi connectivity index (χ0) is 19.1. The highest BCUT2D eigenvalue weighted by atomic mass is 16.5. The lowest BCUT2D eigenvalue weighted by atomic mass is 10.0. The van der Waals surface area contributed by atoms with Crippen LogP contribution in [0.25, 0.3) is 0 Å². The molecule has 1 saturated heterocycles. The molecule has 0 spiro atoms. The van der Waals surface area contributed by atoms with Gasteiger partial charge >= 0.3 is 0 Å². The molecule has 0 saturated carbocycles. The maximum absolute atomic E-state index is 12.2. The summed E-state index contributed by atoms with van der Waals surface area (Å²) < 4.78 is 5.31. The number of likely N-dealkylation sites (tertiary alicyclic amines) is 1. The van der Waals surface area contributed by atoms with E-state index in [1.165, 1.54) is 31.4 Å². The van der Waals surface area contributed by atoms with Gasteiger partial charge in [-0.1, -0.05) is 48.9 Å². The lowest BCUT2D eigenvalue weighted by Gasteiger charge is -2.33. The minimum Gasteiger partial charge on any atom is -0.496 e. The number of carbonyl (C=O) groups is 1. The molecule has 2 aromatic rings. The number of amides is 1. The average molecular weight is 367 g/mol. The first kappa shape index (κ1) is 19.4. The van der Waals surface area contributed by atoms with E-state index in [2.05, 4.69) is 41.4 Å². The normalized spacial score (nSPS) is 17.5. The van der Waals surface area contributed by atoms with Crippen LogP contribution < -0.4 is 10.1 Å². The fourth-order valence-electron chi connectivity index (χ4n) is 3.67. The molecule has 1 fully saturated rings. The van der Waals surface area contributed by atoms with Crippen molar-refractivity contribution in [3.8, 4) is 5.75 Å². The van der Waals surface area contributed by atoms with E-state index in [4.69, 9.17) is 4.74 Å². The molecule has 2 aromatic carbocycles. The molecule has 0 radical (unpaired) electrons. The third kappa shape index (κ3) is 5.57. The topological polar surface area (TPSA) is 41.6 Å². The SMILES string of the molecule is COc1ccccc1CC(=O)NCc1ccc(CN2CCCC[C@@H]2C)cc1. The summed E-state index contributed by atoms with van der Waals surface area (Å²) in [7, 11) is 1.63. The number of hydrogen-bond acceptors (Lipinski definition) is 3. The molecule has 1 N–H and O–H groups in total. The van der Waals surface area contributed by atoms with Crippen molar-refractivity contribution in [1.29, 1.82) is 0 Å². The zero-order valence-electron chi connectivity index (χ0n) is 16.4. The Bertz CT molecular complexity index is 742. The Balaban J connectivity index is 1.49. The molecule has 0 bridgehead atoms. The number of ether oxygens (including phenoxy) is 1. The molecule has 0 aliphatic carbocycles. The van der Waals surface area contributed by atoms with Gasteiger partial charge in [-0.3, -0.25) is 9.69 Å². The molecule has 4 heteroatoms. The molecule has 0 aromatic heterocycles. The first-order valence-corrected chi connectivity index (χ1v) is 9.86. The van der Waals surface area contributed by atoms with E-state index in [-0.39, 0.29) is 5.91 Å². The lowest BCUT2D eigenvalue weighted by Crippen LogP contribution is -2.36. The Morgan fingerprint density at radius 1 is 1.11 bits per heavy atom. The van der Waals surface area contributed by atoms with Gasteiger partial charge in [0.2, 0.25) is 5.91 Å². The lowest BCUT2D eigenvalue weighted by molar-refractivity contribution is -0.120. The van der Waals surface area contributed by atoms with Gasteiger partial charge in [0.1, 0.15) is 5.75 Å². The second kappa shape index (κ2) is 9.56. The quantitative estimate of drug-likeness (QED) is 0.807. The summed E-state index contributed by atoms with van der Waals surface area (Å²) in [6.45, 7) is 5.09. The van der Waals surface area contributed by atoms with E-state index in [1.54, 1.807) is 7.11 Å². The highest BCUT2D eigenvalue weighted by molar-refractivity contribution is 5.79. The van der Waals surface area contributed by atoms with E-state index >= 15 is 0 Å². The third-order valence-electron chi connectivity index (χ3n) is 5.38. The standard InChI is InChI=1S/C23H30N2O2/c1-18-7-5-6-14-25(18)17-20-12-10-19(11-13-20)16-24-23(26)15-21-8-3-4-9-22(21)27-2/h3-4,8-13,18H,5-7,14-17H2,1-2H3,(H,24,26)/t18-/m0/s1. The Kier molecular flexibility index (Phi) is 6.88. The fraction of sp³-hybridized carbons (Fsp3) is 0.435. The van der Waals surface area contributed by atoms with Gasteiger partial charge in [-0.25, -0.2) is 0 Å². The second-order valence-electron chi connectivity index (χ2n) is 7.40. The predicted octanol–water partition coefficient (Wildman–Crippen LogP) is 3.93. The smallest absolute Gasteiger partial charge is 0.224 e. The van der Waals surface area contributed by atoms with Crippen molar-refractivity contribution in [3.05, 3.63) is 65.2 Å². The minimum absolute atomic E-state index is 0.00529. The van der Waals surface area contributed by atoms with Gasteiger partial charge in [0, 0.05) is 24.7 Å². The van der Waals surface area contributed by atoms with Crippen LogP contribution in [0.15, 0.2) is 48.5 Å². The maximum atomic E-state index is 12.2. The van der Waals surface area contributed by atoms with Crippen LogP contribution in [0.5, 0.6) is 5.75 Å². The Labute approximate surface area is 162 Å². The summed E-state index contributed by atoms with van der Waals surface area (Å²) in [5.74, 6) is 0.759. The zero-order valence-corrected chi connectivity index (χ0v) is 16.4. The molecule has 144 valence electrons. The first-order chi connectivity index (χ1) is 13.2. The largest absolute Gasteiger partial charge is 0.496 e. The second-order valence-corrected chi connectivity index (χ2v) is 7.40. The summed E-state index contributed by atoms with van der Waals surface area (Å²) in [6, 6.07) is 16.9. The van der Waals surface area contributed by atoms with Crippen LogP contribution in [0, 0.1) is 0 Å². The molecule has 3 rings (SSSR count). The third-order valence-corrected chi connectivity index (χ3v) is 5.38. The summed E-state index contributed by atoms with van der Waals surface area (Å²) in [5.41, 5.74) is 3.37. The molecule has 4 nitrogen and oxygen atoms in total. The van der Waals surface area contributed by atoms with Crippen LogP contribution in [0.4, 0.5) is 0 Å². The highest BCUT2D eigenvalue weighted by Gasteiger charge is 2.17. The van der Waals surface area contributed by atoms with Crippen molar-refractivity contribution in [2.75, 3.05) is 13.7 Å². The summed E-state index contributed by atoms with van der Waals surface area (Å²) >= 11 is 0. The van der Waals surface area contributed by atoms with Gasteiger partial charge in [-0.15, -0.1) is 0 Å². The van der Waals surface area contributed by atoms with Crippen LogP contribution >= 0.6 is 0 Å². The van der Waals surface area contributed by atoms with E-state index < -0.39 is 0 Å².